The molecule has 2 unspecified atom stereocenters. The highest BCUT2D eigenvalue weighted by atomic mass is 32.2. The van der Waals surface area contributed by atoms with Gasteiger partial charge >= 0.3 is 0 Å². The van der Waals surface area contributed by atoms with Crippen LogP contribution in [-0.2, 0) is 10.0 Å². The fourth-order valence-corrected chi connectivity index (χ4v) is 4.36. The van der Waals surface area contributed by atoms with E-state index in [0.29, 0.717) is 24.2 Å². The van der Waals surface area contributed by atoms with Gasteiger partial charge in [0.15, 0.2) is 0 Å². The number of benzene rings is 3. The predicted molar refractivity (Wildman–Crippen MR) is 122 cm³/mol. The van der Waals surface area contributed by atoms with Crippen LogP contribution in [0.15, 0.2) is 89.8 Å². The van der Waals surface area contributed by atoms with Crippen LogP contribution in [0.5, 0.6) is 0 Å². The number of hydrogen-bond acceptors (Lipinski definition) is 4. The Labute approximate surface area is 183 Å². The third-order valence-electron chi connectivity index (χ3n) is 4.86. The van der Waals surface area contributed by atoms with E-state index in [1.54, 1.807) is 37.3 Å². The Hall–Kier alpha value is -3.16. The molecule has 0 heterocycles. The number of anilines is 1. The Morgan fingerprint density at radius 3 is 2.06 bits per heavy atom. The molecule has 1 amide bonds. The minimum Gasteiger partial charge on any atom is -0.393 e. The monoisotopic (exact) mass is 438 g/mol. The van der Waals surface area contributed by atoms with Crippen molar-refractivity contribution in [1.82, 2.24) is 5.32 Å². The standard InChI is InChI=1S/C24H26N2O4S/c1-18(27)16-21(19-8-4-2-5-9-19)17-25-24(28)20-12-14-23(15-13-20)31(29,30)26-22-10-6-3-7-11-22/h2-15,18,21,26-27H,16-17H2,1H3,(H,25,28). The fourth-order valence-electron chi connectivity index (χ4n) is 3.30. The highest BCUT2D eigenvalue weighted by Crippen LogP contribution is 2.21. The smallest absolute Gasteiger partial charge is 0.261 e. The van der Waals surface area contributed by atoms with Crippen LogP contribution in [-0.4, -0.2) is 32.1 Å². The van der Waals surface area contributed by atoms with Crippen molar-refractivity contribution in [2.24, 2.45) is 0 Å². The summed E-state index contributed by atoms with van der Waals surface area (Å²) in [6.45, 7) is 2.09. The van der Waals surface area contributed by atoms with E-state index in [1.165, 1.54) is 24.3 Å². The molecule has 162 valence electrons. The number of carbonyl (C=O) groups is 1. The zero-order valence-electron chi connectivity index (χ0n) is 17.2. The number of nitrogens with one attached hydrogen (secondary N) is 2. The first-order valence-electron chi connectivity index (χ1n) is 10.0. The van der Waals surface area contributed by atoms with Crippen LogP contribution in [0, 0.1) is 0 Å². The number of sulfonamides is 1. The Morgan fingerprint density at radius 2 is 1.48 bits per heavy atom. The van der Waals surface area contributed by atoms with Crippen LogP contribution in [0.4, 0.5) is 5.69 Å². The average Bonchev–Trinajstić information content (AvgIpc) is 2.77. The molecular weight excluding hydrogens is 412 g/mol. The van der Waals surface area contributed by atoms with Gasteiger partial charge in [-0.05, 0) is 55.3 Å². The molecule has 3 aromatic carbocycles. The zero-order valence-corrected chi connectivity index (χ0v) is 18.0. The van der Waals surface area contributed by atoms with Gasteiger partial charge in [-0.1, -0.05) is 48.5 Å². The maximum absolute atomic E-state index is 12.6. The average molecular weight is 439 g/mol. The second-order valence-electron chi connectivity index (χ2n) is 7.40. The number of aliphatic hydroxyl groups is 1. The van der Waals surface area contributed by atoms with Crippen LogP contribution in [0.3, 0.4) is 0 Å². The number of aliphatic hydroxyl groups excluding tert-OH is 1. The molecule has 7 heteroatoms. The summed E-state index contributed by atoms with van der Waals surface area (Å²) in [7, 11) is -3.74. The van der Waals surface area contributed by atoms with Crippen molar-refractivity contribution in [3.8, 4) is 0 Å². The van der Waals surface area contributed by atoms with Crippen molar-refractivity contribution in [1.29, 1.82) is 0 Å². The molecule has 0 aliphatic heterocycles. The number of hydrogen-bond donors (Lipinski definition) is 3. The molecule has 0 bridgehead atoms. The summed E-state index contributed by atoms with van der Waals surface area (Å²) in [6.07, 6.45) is 0.0239. The third-order valence-corrected chi connectivity index (χ3v) is 6.26. The summed E-state index contributed by atoms with van der Waals surface area (Å²) >= 11 is 0. The van der Waals surface area contributed by atoms with E-state index in [2.05, 4.69) is 10.0 Å². The van der Waals surface area contributed by atoms with E-state index < -0.39 is 16.1 Å². The summed E-state index contributed by atoms with van der Waals surface area (Å²) in [5.74, 6) is -0.327. The lowest BCUT2D eigenvalue weighted by Gasteiger charge is -2.19. The maximum Gasteiger partial charge on any atom is 0.261 e. The van der Waals surface area contributed by atoms with Gasteiger partial charge in [-0.15, -0.1) is 0 Å². The highest BCUT2D eigenvalue weighted by Gasteiger charge is 2.18. The lowest BCUT2D eigenvalue weighted by atomic mass is 9.93. The van der Waals surface area contributed by atoms with Crippen LogP contribution in [0.2, 0.25) is 0 Å². The minimum atomic E-state index is -3.74. The summed E-state index contributed by atoms with van der Waals surface area (Å²) in [5.41, 5.74) is 1.87. The molecule has 3 rings (SSSR count). The molecule has 3 N–H and O–H groups in total. The summed E-state index contributed by atoms with van der Waals surface area (Å²) in [6, 6.07) is 24.1. The molecule has 0 aliphatic carbocycles. The normalized spacial score (nSPS) is 13.2. The first-order valence-corrected chi connectivity index (χ1v) is 11.5. The van der Waals surface area contributed by atoms with Crippen molar-refractivity contribution in [3.63, 3.8) is 0 Å². The van der Waals surface area contributed by atoms with Gasteiger partial charge in [-0.3, -0.25) is 9.52 Å². The number of amides is 1. The Balaban J connectivity index is 1.65. The Morgan fingerprint density at radius 1 is 0.903 bits per heavy atom. The number of rotatable bonds is 9. The lowest BCUT2D eigenvalue weighted by Crippen LogP contribution is -2.29. The van der Waals surface area contributed by atoms with Crippen molar-refractivity contribution in [2.45, 2.75) is 30.3 Å². The molecule has 0 fully saturated rings. The molecule has 6 nitrogen and oxygen atoms in total. The molecule has 0 saturated heterocycles. The van der Waals surface area contributed by atoms with Crippen molar-refractivity contribution in [3.05, 3.63) is 96.1 Å². The van der Waals surface area contributed by atoms with Gasteiger partial charge in [0.05, 0.1) is 11.0 Å². The second kappa shape index (κ2) is 10.2. The van der Waals surface area contributed by atoms with E-state index in [-0.39, 0.29) is 16.7 Å². The highest BCUT2D eigenvalue weighted by molar-refractivity contribution is 7.92. The van der Waals surface area contributed by atoms with Gasteiger partial charge in [0.1, 0.15) is 0 Å². The molecule has 0 spiro atoms. The van der Waals surface area contributed by atoms with E-state index in [1.807, 2.05) is 30.3 Å². The zero-order chi connectivity index (χ0) is 22.3. The second-order valence-corrected chi connectivity index (χ2v) is 9.08. The van der Waals surface area contributed by atoms with Gasteiger partial charge < -0.3 is 10.4 Å². The van der Waals surface area contributed by atoms with E-state index in [4.69, 9.17) is 0 Å². The third kappa shape index (κ3) is 6.41. The van der Waals surface area contributed by atoms with Gasteiger partial charge in [0, 0.05) is 23.7 Å². The Bertz CT molecular complexity index is 1080. The molecule has 3 aromatic rings. The Kier molecular flexibility index (Phi) is 7.44. The number of carbonyl (C=O) groups excluding carboxylic acids is 1. The van der Waals surface area contributed by atoms with Crippen molar-refractivity contribution >= 4 is 21.6 Å². The van der Waals surface area contributed by atoms with Gasteiger partial charge in [0.25, 0.3) is 15.9 Å². The van der Waals surface area contributed by atoms with Crippen molar-refractivity contribution in [2.75, 3.05) is 11.3 Å². The summed E-state index contributed by atoms with van der Waals surface area (Å²) in [5, 5.41) is 12.7. The van der Waals surface area contributed by atoms with Crippen LogP contribution < -0.4 is 10.0 Å². The molecular formula is C24H26N2O4S. The molecule has 0 aromatic heterocycles. The molecule has 0 saturated carbocycles. The first kappa shape index (κ1) is 22.5. The number of para-hydroxylation sites is 1. The predicted octanol–water partition coefficient (Wildman–Crippen LogP) is 3.77. The SMILES string of the molecule is CC(O)CC(CNC(=O)c1ccc(S(=O)(=O)Nc2ccccc2)cc1)c1ccccc1. The van der Waals surface area contributed by atoms with Gasteiger partial charge in [-0.25, -0.2) is 8.42 Å². The maximum atomic E-state index is 12.6. The fraction of sp³-hybridized carbons (Fsp3) is 0.208. The molecule has 0 aliphatic rings. The molecule has 2 atom stereocenters. The van der Waals surface area contributed by atoms with Crippen LogP contribution in [0.25, 0.3) is 0 Å². The van der Waals surface area contributed by atoms with Gasteiger partial charge in [0.2, 0.25) is 0 Å². The molecule has 0 radical (unpaired) electrons. The largest absolute Gasteiger partial charge is 0.393 e. The first-order chi connectivity index (χ1) is 14.8. The van der Waals surface area contributed by atoms with Gasteiger partial charge in [-0.2, -0.15) is 0 Å². The topological polar surface area (TPSA) is 95.5 Å². The lowest BCUT2D eigenvalue weighted by molar-refractivity contribution is 0.0945. The van der Waals surface area contributed by atoms with E-state index in [9.17, 15) is 18.3 Å². The van der Waals surface area contributed by atoms with Crippen molar-refractivity contribution < 1.29 is 18.3 Å². The van der Waals surface area contributed by atoms with Crippen LogP contribution in [0.1, 0.15) is 35.2 Å². The molecule has 31 heavy (non-hydrogen) atoms. The van der Waals surface area contributed by atoms with E-state index in [0.717, 1.165) is 5.56 Å². The summed E-state index contributed by atoms with van der Waals surface area (Å²) < 4.78 is 27.6. The van der Waals surface area contributed by atoms with Crippen LogP contribution >= 0.6 is 0 Å². The van der Waals surface area contributed by atoms with E-state index >= 15 is 0 Å². The quantitative estimate of drug-likeness (QED) is 0.474. The summed E-state index contributed by atoms with van der Waals surface area (Å²) in [4.78, 5) is 12.7. The minimum absolute atomic E-state index is 0.0279.